The van der Waals surface area contributed by atoms with Gasteiger partial charge in [-0.1, -0.05) is 30.2 Å². The van der Waals surface area contributed by atoms with Crippen molar-refractivity contribution in [3.8, 4) is 0 Å². The quantitative estimate of drug-likeness (QED) is 0.480. The number of hydrogen-bond donors (Lipinski definition) is 1. The zero-order valence-electron chi connectivity index (χ0n) is 6.14. The van der Waals surface area contributed by atoms with Gasteiger partial charge in [0, 0.05) is 0 Å². The number of nitrogens with one attached hydrogen (secondary N) is 1. The fourth-order valence-corrected chi connectivity index (χ4v) is 0.895. The lowest BCUT2D eigenvalue weighted by molar-refractivity contribution is 1.30. The topological polar surface area (TPSA) is 12.0 Å². The van der Waals surface area contributed by atoms with Crippen LogP contribution >= 0.6 is 11.9 Å². The molecule has 0 bridgehead atoms. The fraction of sp³-hybridized carbons (Fsp3) is 0.429. The van der Waals surface area contributed by atoms with Gasteiger partial charge in [-0.3, -0.25) is 4.72 Å². The van der Waals surface area contributed by atoms with E-state index in [2.05, 4.69) is 17.7 Å². The van der Waals surface area contributed by atoms with E-state index in [-0.39, 0.29) is 0 Å². The highest BCUT2D eigenvalue weighted by Crippen LogP contribution is 2.07. The molecule has 1 nitrogen and oxygen atoms in total. The predicted molar refractivity (Wildman–Crippen MR) is 45.2 cm³/mol. The summed E-state index contributed by atoms with van der Waals surface area (Å²) >= 11 is 1.63. The summed E-state index contributed by atoms with van der Waals surface area (Å²) in [5.41, 5.74) is 0. The number of allylic oxidation sites excluding steroid dienone is 4. The van der Waals surface area contributed by atoms with E-state index in [1.807, 2.05) is 26.1 Å². The molecule has 0 aromatic carbocycles. The highest BCUT2D eigenvalue weighted by atomic mass is 32.2. The molecule has 0 unspecified atom stereocenters. The molecule has 0 aromatic heterocycles. The van der Waals surface area contributed by atoms with E-state index in [9.17, 15) is 0 Å². The van der Waals surface area contributed by atoms with Gasteiger partial charge >= 0.3 is 0 Å². The van der Waals surface area contributed by atoms with Crippen LogP contribution in [-0.4, -0.2) is 7.05 Å². The molecule has 0 aliphatic rings. The van der Waals surface area contributed by atoms with E-state index in [0.717, 1.165) is 0 Å². The molecule has 0 saturated heterocycles. The van der Waals surface area contributed by atoms with Crippen LogP contribution in [0.5, 0.6) is 0 Å². The molecule has 0 aromatic rings. The van der Waals surface area contributed by atoms with Gasteiger partial charge in [0.2, 0.25) is 0 Å². The van der Waals surface area contributed by atoms with Gasteiger partial charge in [0.15, 0.2) is 0 Å². The Hall–Kier alpha value is -0.210. The minimum atomic E-state index is 1.27. The molecule has 0 saturated carbocycles. The van der Waals surface area contributed by atoms with Crippen LogP contribution in [0.1, 0.15) is 13.8 Å². The Balaban J connectivity index is 3.55. The van der Waals surface area contributed by atoms with E-state index in [1.54, 1.807) is 11.9 Å². The van der Waals surface area contributed by atoms with Crippen LogP contribution in [0.3, 0.4) is 0 Å². The van der Waals surface area contributed by atoms with Gasteiger partial charge in [-0.2, -0.15) is 0 Å². The third-order valence-corrected chi connectivity index (χ3v) is 1.45. The Morgan fingerprint density at radius 3 is 2.67 bits per heavy atom. The summed E-state index contributed by atoms with van der Waals surface area (Å²) in [6, 6.07) is 0. The minimum Gasteiger partial charge on any atom is -0.263 e. The molecule has 52 valence electrons. The van der Waals surface area contributed by atoms with Gasteiger partial charge < -0.3 is 0 Å². The van der Waals surface area contributed by atoms with E-state index < -0.39 is 0 Å². The lowest BCUT2D eigenvalue weighted by atomic mass is 10.5. The molecule has 0 amide bonds. The average molecular weight is 143 g/mol. The van der Waals surface area contributed by atoms with Crippen LogP contribution in [0, 0.1) is 0 Å². The summed E-state index contributed by atoms with van der Waals surface area (Å²) in [4.78, 5) is 1.27. The molecule has 0 spiro atoms. The lowest BCUT2D eigenvalue weighted by Gasteiger charge is -1.93. The molecular weight excluding hydrogens is 130 g/mol. The van der Waals surface area contributed by atoms with Gasteiger partial charge in [0.05, 0.1) is 0 Å². The van der Waals surface area contributed by atoms with Crippen LogP contribution < -0.4 is 4.72 Å². The smallest absolute Gasteiger partial charge is 0.00280 e. The van der Waals surface area contributed by atoms with E-state index >= 15 is 0 Å². The van der Waals surface area contributed by atoms with Crippen molar-refractivity contribution in [3.63, 3.8) is 0 Å². The Kier molecular flexibility index (Phi) is 5.78. The zero-order valence-corrected chi connectivity index (χ0v) is 6.96. The van der Waals surface area contributed by atoms with Crippen LogP contribution in [0.15, 0.2) is 23.1 Å². The number of hydrogen-bond acceptors (Lipinski definition) is 2. The summed E-state index contributed by atoms with van der Waals surface area (Å²) in [7, 11) is 1.91. The first kappa shape index (κ1) is 8.79. The summed E-state index contributed by atoms with van der Waals surface area (Å²) < 4.78 is 2.99. The van der Waals surface area contributed by atoms with Crippen molar-refractivity contribution in [2.24, 2.45) is 0 Å². The molecule has 0 heterocycles. The molecule has 0 aliphatic heterocycles. The molecule has 0 fully saturated rings. The molecule has 1 N–H and O–H groups in total. The Labute approximate surface area is 61.4 Å². The molecule has 0 radical (unpaired) electrons. The van der Waals surface area contributed by atoms with Crippen LogP contribution in [0.4, 0.5) is 0 Å². The second kappa shape index (κ2) is 5.92. The van der Waals surface area contributed by atoms with Crippen molar-refractivity contribution in [3.05, 3.63) is 23.1 Å². The Morgan fingerprint density at radius 1 is 1.56 bits per heavy atom. The van der Waals surface area contributed by atoms with E-state index in [4.69, 9.17) is 0 Å². The van der Waals surface area contributed by atoms with Crippen LogP contribution in [0.2, 0.25) is 0 Å². The fourth-order valence-electron chi connectivity index (χ4n) is 0.427. The van der Waals surface area contributed by atoms with Crippen molar-refractivity contribution in [2.45, 2.75) is 13.8 Å². The largest absolute Gasteiger partial charge is 0.263 e. The predicted octanol–water partition coefficient (Wildman–Crippen LogP) is 2.33. The van der Waals surface area contributed by atoms with E-state index in [1.165, 1.54) is 4.91 Å². The van der Waals surface area contributed by atoms with E-state index in [0.29, 0.717) is 0 Å². The van der Waals surface area contributed by atoms with Crippen LogP contribution in [0.25, 0.3) is 0 Å². The zero-order chi connectivity index (χ0) is 7.11. The monoisotopic (exact) mass is 143 g/mol. The molecule has 2 heteroatoms. The highest BCUT2D eigenvalue weighted by Gasteiger charge is 1.81. The van der Waals surface area contributed by atoms with Gasteiger partial charge in [-0.15, -0.1) is 0 Å². The first-order valence-electron chi connectivity index (χ1n) is 2.94. The van der Waals surface area contributed by atoms with Gasteiger partial charge in [-0.05, 0) is 25.8 Å². The van der Waals surface area contributed by atoms with Crippen molar-refractivity contribution in [1.29, 1.82) is 0 Å². The van der Waals surface area contributed by atoms with Gasteiger partial charge in [0.1, 0.15) is 0 Å². The number of rotatable bonds is 3. The maximum absolute atomic E-state index is 2.99. The van der Waals surface area contributed by atoms with Gasteiger partial charge in [-0.25, -0.2) is 0 Å². The normalized spacial score (nSPS) is 13.0. The maximum atomic E-state index is 2.99. The minimum absolute atomic E-state index is 1.27. The summed E-state index contributed by atoms with van der Waals surface area (Å²) in [6.07, 6.45) is 6.11. The SMILES string of the molecule is C/C=C/C=C(/C)SNC. The van der Waals surface area contributed by atoms with Crippen molar-refractivity contribution >= 4 is 11.9 Å². The molecule has 9 heavy (non-hydrogen) atoms. The summed E-state index contributed by atoms with van der Waals surface area (Å²) in [6.45, 7) is 4.08. The first-order chi connectivity index (χ1) is 4.31. The van der Waals surface area contributed by atoms with Crippen molar-refractivity contribution < 1.29 is 0 Å². The maximum Gasteiger partial charge on any atom is -0.00280 e. The molecular formula is C7H13NS. The molecule has 0 atom stereocenters. The van der Waals surface area contributed by atoms with Crippen LogP contribution in [-0.2, 0) is 0 Å². The summed E-state index contributed by atoms with van der Waals surface area (Å²) in [5, 5.41) is 0. The Bertz CT molecular complexity index is 116. The first-order valence-corrected chi connectivity index (χ1v) is 3.76. The third-order valence-electron chi connectivity index (χ3n) is 0.786. The standard InChI is InChI=1S/C7H13NS/c1-4-5-6-7(2)9-8-3/h4-6,8H,1-3H3/b5-4+,7-6-. The van der Waals surface area contributed by atoms with Crippen molar-refractivity contribution in [2.75, 3.05) is 7.05 Å². The average Bonchev–Trinajstić information content (AvgIpc) is 1.85. The molecule has 0 aliphatic carbocycles. The molecule has 0 rings (SSSR count). The second-order valence-corrected chi connectivity index (χ2v) is 2.87. The second-order valence-electron chi connectivity index (χ2n) is 1.61. The highest BCUT2D eigenvalue weighted by molar-refractivity contribution is 8.01. The Morgan fingerprint density at radius 2 is 2.22 bits per heavy atom. The lowest BCUT2D eigenvalue weighted by Crippen LogP contribution is -1.89. The van der Waals surface area contributed by atoms with Crippen molar-refractivity contribution in [1.82, 2.24) is 4.72 Å². The summed E-state index contributed by atoms with van der Waals surface area (Å²) in [5.74, 6) is 0. The van der Waals surface area contributed by atoms with Gasteiger partial charge in [0.25, 0.3) is 0 Å². The third kappa shape index (κ3) is 5.66.